The maximum atomic E-state index is 12.7. The maximum Gasteiger partial charge on any atom is 0.496 e. The normalized spacial score (nSPS) is 18.3. The van der Waals surface area contributed by atoms with Crippen molar-refractivity contribution in [3.05, 3.63) is 51.5 Å². The summed E-state index contributed by atoms with van der Waals surface area (Å²) >= 11 is 18.3. The molecule has 0 aliphatic carbocycles. The Labute approximate surface area is 180 Å². The van der Waals surface area contributed by atoms with Crippen LogP contribution in [0.2, 0.25) is 15.1 Å². The van der Waals surface area contributed by atoms with E-state index in [0.717, 1.165) is 0 Å². The van der Waals surface area contributed by atoms with E-state index in [4.69, 9.17) is 44.1 Å². The van der Waals surface area contributed by atoms with Crippen molar-refractivity contribution in [3.63, 3.8) is 0 Å². The second-order valence-electron chi connectivity index (χ2n) is 7.50. The molecule has 0 aromatic heterocycles. The van der Waals surface area contributed by atoms with Crippen molar-refractivity contribution in [1.29, 1.82) is 0 Å². The van der Waals surface area contributed by atoms with E-state index in [1.807, 2.05) is 27.7 Å². The van der Waals surface area contributed by atoms with Gasteiger partial charge in [-0.15, -0.1) is 0 Å². The van der Waals surface area contributed by atoms with Crippen LogP contribution in [0.1, 0.15) is 27.7 Å². The minimum absolute atomic E-state index is 0.0665. The molecule has 1 saturated heterocycles. The van der Waals surface area contributed by atoms with Crippen LogP contribution in [-0.4, -0.2) is 26.7 Å². The van der Waals surface area contributed by atoms with Gasteiger partial charge in [0.1, 0.15) is 4.90 Å². The smallest absolute Gasteiger partial charge is 0.399 e. The summed E-state index contributed by atoms with van der Waals surface area (Å²) in [5.41, 5.74) is -0.125. The van der Waals surface area contributed by atoms with Crippen LogP contribution in [0.25, 0.3) is 0 Å². The SMILES string of the molecule is CC1(C)OB(c2ccc(NS(=O)(=O)c3cc(Cl)ccc3Cl)cc2Cl)OC1(C)C. The van der Waals surface area contributed by atoms with Gasteiger partial charge in [0.05, 0.1) is 21.9 Å². The number of anilines is 1. The van der Waals surface area contributed by atoms with Crippen LogP contribution in [0.3, 0.4) is 0 Å². The van der Waals surface area contributed by atoms with E-state index in [9.17, 15) is 8.42 Å². The lowest BCUT2D eigenvalue weighted by Gasteiger charge is -2.32. The van der Waals surface area contributed by atoms with E-state index in [-0.39, 0.29) is 20.6 Å². The van der Waals surface area contributed by atoms with Gasteiger partial charge in [-0.3, -0.25) is 4.72 Å². The highest BCUT2D eigenvalue weighted by molar-refractivity contribution is 7.92. The molecule has 0 radical (unpaired) electrons. The molecule has 0 amide bonds. The van der Waals surface area contributed by atoms with Crippen LogP contribution in [-0.2, 0) is 19.3 Å². The van der Waals surface area contributed by atoms with Crippen molar-refractivity contribution >= 4 is 63.1 Å². The Morgan fingerprint density at radius 3 is 2.07 bits per heavy atom. The van der Waals surface area contributed by atoms with Gasteiger partial charge in [0.25, 0.3) is 10.0 Å². The van der Waals surface area contributed by atoms with Crippen LogP contribution in [0, 0.1) is 0 Å². The molecule has 3 rings (SSSR count). The minimum Gasteiger partial charge on any atom is -0.399 e. The van der Waals surface area contributed by atoms with Crippen LogP contribution in [0.5, 0.6) is 0 Å². The lowest BCUT2D eigenvalue weighted by atomic mass is 9.79. The fraction of sp³-hybridized carbons (Fsp3) is 0.333. The Hall–Kier alpha value is -0.955. The zero-order valence-electron chi connectivity index (χ0n) is 15.7. The molecule has 0 saturated carbocycles. The van der Waals surface area contributed by atoms with Crippen LogP contribution in [0.15, 0.2) is 41.3 Å². The first-order valence-corrected chi connectivity index (χ1v) is 11.1. The topological polar surface area (TPSA) is 64.6 Å². The number of rotatable bonds is 4. The van der Waals surface area contributed by atoms with Gasteiger partial charge in [0, 0.05) is 15.5 Å². The molecule has 1 heterocycles. The van der Waals surface area contributed by atoms with Gasteiger partial charge in [-0.2, -0.15) is 0 Å². The summed E-state index contributed by atoms with van der Waals surface area (Å²) in [7, 11) is -4.59. The average Bonchev–Trinajstić information content (AvgIpc) is 2.77. The maximum absolute atomic E-state index is 12.7. The monoisotopic (exact) mass is 461 g/mol. The standard InChI is InChI=1S/C18H19BCl3NO4S/c1-17(2)18(3,4)27-19(26-17)13-7-6-12(10-15(13)22)23-28(24,25)16-9-11(20)5-8-14(16)21/h5-10,23H,1-4H3. The zero-order valence-corrected chi connectivity index (χ0v) is 18.8. The van der Waals surface area contributed by atoms with Gasteiger partial charge in [-0.05, 0) is 58.0 Å². The third-order valence-corrected chi connectivity index (χ3v) is 7.37. The molecule has 10 heteroatoms. The van der Waals surface area contributed by atoms with E-state index in [2.05, 4.69) is 4.72 Å². The number of hydrogen-bond acceptors (Lipinski definition) is 4. The Morgan fingerprint density at radius 1 is 0.893 bits per heavy atom. The highest BCUT2D eigenvalue weighted by Crippen LogP contribution is 2.37. The molecule has 1 fully saturated rings. The number of halogens is 3. The van der Waals surface area contributed by atoms with Crippen molar-refractivity contribution in [1.82, 2.24) is 0 Å². The molecule has 1 aliphatic heterocycles. The van der Waals surface area contributed by atoms with Crippen molar-refractivity contribution < 1.29 is 17.7 Å². The summed E-state index contributed by atoms with van der Waals surface area (Å²) in [6, 6.07) is 8.97. The molecule has 1 aliphatic rings. The summed E-state index contributed by atoms with van der Waals surface area (Å²) in [5, 5.41) is 0.645. The van der Waals surface area contributed by atoms with Crippen molar-refractivity contribution in [2.24, 2.45) is 0 Å². The molecule has 150 valence electrons. The van der Waals surface area contributed by atoms with E-state index >= 15 is 0 Å². The molecule has 0 atom stereocenters. The van der Waals surface area contributed by atoms with Gasteiger partial charge in [0.15, 0.2) is 0 Å². The second-order valence-corrected chi connectivity index (χ2v) is 10.4. The highest BCUT2D eigenvalue weighted by Gasteiger charge is 2.52. The Morgan fingerprint density at radius 2 is 1.50 bits per heavy atom. The van der Waals surface area contributed by atoms with Crippen molar-refractivity contribution in [3.8, 4) is 0 Å². The first-order chi connectivity index (χ1) is 12.8. The van der Waals surface area contributed by atoms with E-state index in [0.29, 0.717) is 10.5 Å². The predicted molar refractivity (Wildman–Crippen MR) is 114 cm³/mol. The molecule has 5 nitrogen and oxygen atoms in total. The van der Waals surface area contributed by atoms with Crippen LogP contribution in [0.4, 0.5) is 5.69 Å². The quantitative estimate of drug-likeness (QED) is 0.666. The van der Waals surface area contributed by atoms with Gasteiger partial charge in [0.2, 0.25) is 0 Å². The Bertz CT molecular complexity index is 1010. The average molecular weight is 463 g/mol. The van der Waals surface area contributed by atoms with Gasteiger partial charge < -0.3 is 9.31 Å². The molecule has 0 bridgehead atoms. The van der Waals surface area contributed by atoms with E-state index < -0.39 is 28.3 Å². The number of nitrogens with one attached hydrogen (secondary N) is 1. The molecule has 0 unspecified atom stereocenters. The van der Waals surface area contributed by atoms with Crippen molar-refractivity contribution in [2.75, 3.05) is 4.72 Å². The minimum atomic E-state index is -3.94. The molecule has 28 heavy (non-hydrogen) atoms. The van der Waals surface area contributed by atoms with Crippen molar-refractivity contribution in [2.45, 2.75) is 43.8 Å². The Kier molecular flexibility index (Phi) is 5.73. The molecular formula is C18H19BCl3NO4S. The van der Waals surface area contributed by atoms with E-state index in [1.54, 1.807) is 12.1 Å². The van der Waals surface area contributed by atoms with Gasteiger partial charge in [-0.25, -0.2) is 8.42 Å². The predicted octanol–water partition coefficient (Wildman–Crippen LogP) is 4.75. The fourth-order valence-corrected chi connectivity index (χ4v) is 4.73. The van der Waals surface area contributed by atoms with Gasteiger partial charge in [-0.1, -0.05) is 40.9 Å². The summed E-state index contributed by atoms with van der Waals surface area (Å²) < 4.78 is 39.7. The molecular weight excluding hydrogens is 443 g/mol. The van der Waals surface area contributed by atoms with Crippen LogP contribution >= 0.6 is 34.8 Å². The molecule has 1 N–H and O–H groups in total. The Balaban J connectivity index is 1.86. The lowest BCUT2D eigenvalue weighted by Crippen LogP contribution is -2.41. The zero-order chi connectivity index (χ0) is 20.9. The van der Waals surface area contributed by atoms with Crippen LogP contribution < -0.4 is 10.2 Å². The summed E-state index contributed by atoms with van der Waals surface area (Å²) in [4.78, 5) is -0.118. The number of hydrogen-bond donors (Lipinski definition) is 1. The highest BCUT2D eigenvalue weighted by atomic mass is 35.5. The van der Waals surface area contributed by atoms with E-state index in [1.165, 1.54) is 24.3 Å². The second kappa shape index (κ2) is 7.38. The fourth-order valence-electron chi connectivity index (χ4n) is 2.65. The first-order valence-electron chi connectivity index (χ1n) is 8.45. The number of sulfonamides is 1. The largest absolute Gasteiger partial charge is 0.496 e. The lowest BCUT2D eigenvalue weighted by molar-refractivity contribution is 0.00578. The third-order valence-electron chi connectivity index (χ3n) is 4.94. The first kappa shape index (κ1) is 21.7. The van der Waals surface area contributed by atoms with Gasteiger partial charge >= 0.3 is 7.12 Å². The number of benzene rings is 2. The summed E-state index contributed by atoms with van der Waals surface area (Å²) in [5.74, 6) is 0. The molecule has 0 spiro atoms. The third kappa shape index (κ3) is 4.15. The summed E-state index contributed by atoms with van der Waals surface area (Å²) in [6.07, 6.45) is 0. The molecule has 2 aromatic carbocycles. The molecule has 2 aromatic rings. The summed E-state index contributed by atoms with van der Waals surface area (Å²) in [6.45, 7) is 7.77.